The standard InChI is InChI=1S/C15H23ClN4S/c1-4-6-17-13(15-12(16)5-7-21-15)8-14-18-10-19-20(14)9-11(2)3/h5,7,10-11,13,17H,4,6,8-9H2,1-3H3. The van der Waals surface area contributed by atoms with Gasteiger partial charge in [-0.15, -0.1) is 11.3 Å². The molecule has 0 aliphatic heterocycles. The maximum Gasteiger partial charge on any atom is 0.138 e. The Kier molecular flexibility index (Phi) is 6.21. The molecule has 0 saturated carbocycles. The van der Waals surface area contributed by atoms with Crippen LogP contribution in [0.3, 0.4) is 0 Å². The second-order valence-electron chi connectivity index (χ2n) is 5.60. The quantitative estimate of drug-likeness (QED) is 0.799. The molecule has 0 bridgehead atoms. The molecule has 2 aromatic rings. The van der Waals surface area contributed by atoms with E-state index in [1.165, 1.54) is 4.88 Å². The van der Waals surface area contributed by atoms with Crippen LogP contribution in [0.5, 0.6) is 0 Å². The second-order valence-corrected chi connectivity index (χ2v) is 6.95. The molecular formula is C15H23ClN4S. The number of hydrogen-bond acceptors (Lipinski definition) is 4. The van der Waals surface area contributed by atoms with E-state index in [0.717, 1.165) is 36.8 Å². The Morgan fingerprint density at radius 1 is 1.43 bits per heavy atom. The molecule has 0 radical (unpaired) electrons. The molecule has 0 aliphatic carbocycles. The molecule has 21 heavy (non-hydrogen) atoms. The Hall–Kier alpha value is -0.910. The van der Waals surface area contributed by atoms with E-state index in [-0.39, 0.29) is 6.04 Å². The zero-order valence-corrected chi connectivity index (χ0v) is 14.4. The van der Waals surface area contributed by atoms with Crippen LogP contribution in [0.25, 0.3) is 0 Å². The van der Waals surface area contributed by atoms with Gasteiger partial charge in [0.2, 0.25) is 0 Å². The molecule has 0 fully saturated rings. The van der Waals surface area contributed by atoms with Gasteiger partial charge in [0.25, 0.3) is 0 Å². The molecule has 0 amide bonds. The predicted octanol–water partition coefficient (Wildman–Crippen LogP) is 3.93. The van der Waals surface area contributed by atoms with E-state index in [1.54, 1.807) is 17.7 Å². The number of nitrogens with one attached hydrogen (secondary N) is 1. The second kappa shape index (κ2) is 7.92. The SMILES string of the molecule is CCCNC(Cc1ncnn1CC(C)C)c1sccc1Cl. The molecule has 2 heterocycles. The molecule has 0 saturated heterocycles. The van der Waals surface area contributed by atoms with Crippen molar-refractivity contribution in [2.45, 2.75) is 46.2 Å². The number of nitrogens with zero attached hydrogens (tertiary/aromatic N) is 3. The average Bonchev–Trinajstić information content (AvgIpc) is 3.03. The number of aromatic nitrogens is 3. The van der Waals surface area contributed by atoms with Gasteiger partial charge in [0.05, 0.1) is 11.1 Å². The van der Waals surface area contributed by atoms with Gasteiger partial charge in [-0.3, -0.25) is 0 Å². The van der Waals surface area contributed by atoms with E-state index < -0.39 is 0 Å². The van der Waals surface area contributed by atoms with Crippen LogP contribution in [0, 0.1) is 5.92 Å². The Labute approximate surface area is 135 Å². The monoisotopic (exact) mass is 326 g/mol. The zero-order valence-electron chi connectivity index (χ0n) is 12.8. The summed E-state index contributed by atoms with van der Waals surface area (Å²) < 4.78 is 2.01. The molecule has 116 valence electrons. The largest absolute Gasteiger partial charge is 0.309 e. The Morgan fingerprint density at radius 3 is 2.86 bits per heavy atom. The first kappa shape index (κ1) is 16.5. The number of thiophene rings is 1. The highest BCUT2D eigenvalue weighted by molar-refractivity contribution is 7.10. The van der Waals surface area contributed by atoms with Crippen LogP contribution >= 0.6 is 22.9 Å². The van der Waals surface area contributed by atoms with Crippen LogP contribution < -0.4 is 5.32 Å². The first-order chi connectivity index (χ1) is 10.1. The van der Waals surface area contributed by atoms with E-state index >= 15 is 0 Å². The van der Waals surface area contributed by atoms with Crippen molar-refractivity contribution in [2.75, 3.05) is 6.54 Å². The van der Waals surface area contributed by atoms with Crippen LogP contribution in [0.1, 0.15) is 43.9 Å². The molecule has 0 spiro atoms. The normalized spacial score (nSPS) is 13.0. The Balaban J connectivity index is 2.15. The smallest absolute Gasteiger partial charge is 0.138 e. The Morgan fingerprint density at radius 2 is 2.24 bits per heavy atom. The van der Waals surface area contributed by atoms with Crippen LogP contribution in [-0.4, -0.2) is 21.3 Å². The summed E-state index contributed by atoms with van der Waals surface area (Å²) >= 11 is 8.00. The molecule has 6 heteroatoms. The molecule has 2 rings (SSSR count). The summed E-state index contributed by atoms with van der Waals surface area (Å²) in [5.74, 6) is 1.57. The zero-order chi connectivity index (χ0) is 15.2. The van der Waals surface area contributed by atoms with E-state index in [0.29, 0.717) is 5.92 Å². The molecule has 1 N–H and O–H groups in total. The van der Waals surface area contributed by atoms with Gasteiger partial charge in [0.15, 0.2) is 0 Å². The molecule has 0 aromatic carbocycles. The van der Waals surface area contributed by atoms with Gasteiger partial charge in [-0.1, -0.05) is 32.4 Å². The van der Waals surface area contributed by atoms with Crippen molar-refractivity contribution in [1.82, 2.24) is 20.1 Å². The lowest BCUT2D eigenvalue weighted by atomic mass is 10.1. The summed E-state index contributed by atoms with van der Waals surface area (Å²) in [5.41, 5.74) is 0. The van der Waals surface area contributed by atoms with Crippen molar-refractivity contribution >= 4 is 22.9 Å². The third-order valence-electron chi connectivity index (χ3n) is 3.22. The average molecular weight is 327 g/mol. The van der Waals surface area contributed by atoms with Crippen LogP contribution in [0.15, 0.2) is 17.8 Å². The predicted molar refractivity (Wildman–Crippen MR) is 88.9 cm³/mol. The fraction of sp³-hybridized carbons (Fsp3) is 0.600. The van der Waals surface area contributed by atoms with E-state index in [4.69, 9.17) is 11.6 Å². The minimum absolute atomic E-state index is 0.201. The van der Waals surface area contributed by atoms with Crippen molar-refractivity contribution < 1.29 is 0 Å². The highest BCUT2D eigenvalue weighted by Crippen LogP contribution is 2.30. The lowest BCUT2D eigenvalue weighted by Gasteiger charge is -2.18. The number of rotatable bonds is 8. The summed E-state index contributed by atoms with van der Waals surface area (Å²) in [6.07, 6.45) is 3.55. The minimum Gasteiger partial charge on any atom is -0.309 e. The van der Waals surface area contributed by atoms with Gasteiger partial charge in [0.1, 0.15) is 12.2 Å². The van der Waals surface area contributed by atoms with Crippen molar-refractivity contribution in [3.8, 4) is 0 Å². The van der Waals surface area contributed by atoms with Gasteiger partial charge in [-0.2, -0.15) is 5.10 Å². The minimum atomic E-state index is 0.201. The fourth-order valence-corrected chi connectivity index (χ4v) is 3.52. The summed E-state index contributed by atoms with van der Waals surface area (Å²) in [7, 11) is 0. The van der Waals surface area contributed by atoms with Gasteiger partial charge < -0.3 is 5.32 Å². The molecule has 2 aromatic heterocycles. The molecular weight excluding hydrogens is 304 g/mol. The van der Waals surface area contributed by atoms with Crippen LogP contribution in [0.4, 0.5) is 0 Å². The first-order valence-electron chi connectivity index (χ1n) is 7.44. The third-order valence-corrected chi connectivity index (χ3v) is 4.69. The van der Waals surface area contributed by atoms with E-state index in [9.17, 15) is 0 Å². The van der Waals surface area contributed by atoms with E-state index in [1.807, 2.05) is 16.1 Å². The van der Waals surface area contributed by atoms with E-state index in [2.05, 4.69) is 36.2 Å². The summed E-state index contributed by atoms with van der Waals surface area (Å²) in [5, 5.41) is 10.8. The highest BCUT2D eigenvalue weighted by Gasteiger charge is 2.19. The maximum absolute atomic E-state index is 6.31. The maximum atomic E-state index is 6.31. The molecule has 1 atom stereocenters. The number of halogens is 1. The van der Waals surface area contributed by atoms with Gasteiger partial charge in [-0.05, 0) is 30.3 Å². The van der Waals surface area contributed by atoms with Gasteiger partial charge >= 0.3 is 0 Å². The molecule has 0 aliphatic rings. The van der Waals surface area contributed by atoms with Crippen molar-refractivity contribution in [1.29, 1.82) is 0 Å². The van der Waals surface area contributed by atoms with Gasteiger partial charge in [0, 0.05) is 17.8 Å². The fourth-order valence-electron chi connectivity index (χ4n) is 2.26. The summed E-state index contributed by atoms with van der Waals surface area (Å²) in [4.78, 5) is 5.61. The Bertz CT molecular complexity index is 549. The van der Waals surface area contributed by atoms with Crippen LogP contribution in [0.2, 0.25) is 5.02 Å². The van der Waals surface area contributed by atoms with Crippen molar-refractivity contribution in [3.05, 3.63) is 33.5 Å². The lowest BCUT2D eigenvalue weighted by Crippen LogP contribution is -2.25. The summed E-state index contributed by atoms with van der Waals surface area (Å²) in [6, 6.07) is 2.16. The number of hydrogen-bond donors (Lipinski definition) is 1. The molecule has 4 nitrogen and oxygen atoms in total. The highest BCUT2D eigenvalue weighted by atomic mass is 35.5. The lowest BCUT2D eigenvalue weighted by molar-refractivity contribution is 0.445. The third kappa shape index (κ3) is 4.53. The van der Waals surface area contributed by atoms with Crippen molar-refractivity contribution in [2.24, 2.45) is 5.92 Å². The topological polar surface area (TPSA) is 42.7 Å². The molecule has 1 unspecified atom stereocenters. The van der Waals surface area contributed by atoms with Crippen LogP contribution in [-0.2, 0) is 13.0 Å². The first-order valence-corrected chi connectivity index (χ1v) is 8.70. The summed E-state index contributed by atoms with van der Waals surface area (Å²) in [6.45, 7) is 8.41. The van der Waals surface area contributed by atoms with Crippen molar-refractivity contribution in [3.63, 3.8) is 0 Å². The van der Waals surface area contributed by atoms with Gasteiger partial charge in [-0.25, -0.2) is 9.67 Å².